The number of carboxylic acids is 1. The molecule has 0 aliphatic carbocycles. The van der Waals surface area contributed by atoms with Crippen LogP contribution in [-0.4, -0.2) is 59.0 Å². The Balaban J connectivity index is 2.00. The van der Waals surface area contributed by atoms with E-state index in [2.05, 4.69) is 4.98 Å². The molecule has 150 valence electrons. The Morgan fingerprint density at radius 3 is 2.57 bits per heavy atom. The van der Waals surface area contributed by atoms with Gasteiger partial charge in [0.1, 0.15) is 0 Å². The molecule has 3 rings (SSSR count). The van der Waals surface area contributed by atoms with E-state index in [1.807, 2.05) is 12.1 Å². The van der Waals surface area contributed by atoms with Crippen molar-refractivity contribution in [3.8, 4) is 5.88 Å². The number of methoxy groups -OCH3 is 1. The van der Waals surface area contributed by atoms with Crippen LogP contribution in [0.2, 0.25) is 0 Å². The van der Waals surface area contributed by atoms with E-state index >= 15 is 0 Å². The highest BCUT2D eigenvalue weighted by molar-refractivity contribution is 6.02. The largest absolute Gasteiger partial charge is 0.481 e. The van der Waals surface area contributed by atoms with Crippen LogP contribution in [0.3, 0.4) is 0 Å². The van der Waals surface area contributed by atoms with Crippen molar-refractivity contribution in [3.63, 3.8) is 0 Å². The van der Waals surface area contributed by atoms with Crippen LogP contribution in [0.4, 0.5) is 5.69 Å². The molecule has 2 atom stereocenters. The topological polar surface area (TPSA) is 109 Å². The fourth-order valence-corrected chi connectivity index (χ4v) is 3.34. The molecule has 2 aromatic rings. The van der Waals surface area contributed by atoms with Gasteiger partial charge in [-0.2, -0.15) is 0 Å². The van der Waals surface area contributed by atoms with E-state index < -0.39 is 29.0 Å². The zero-order valence-electron chi connectivity index (χ0n) is 16.3. The molecule has 1 aliphatic rings. The van der Waals surface area contributed by atoms with Crippen molar-refractivity contribution in [1.29, 1.82) is 0 Å². The summed E-state index contributed by atoms with van der Waals surface area (Å²) in [5, 5.41) is 21.5. The molecule has 0 saturated carbocycles. The van der Waals surface area contributed by atoms with Crippen molar-refractivity contribution < 1.29 is 29.3 Å². The molecule has 1 saturated heterocycles. The van der Waals surface area contributed by atoms with Crippen molar-refractivity contribution in [3.05, 3.63) is 30.3 Å². The third kappa shape index (κ3) is 3.18. The maximum Gasteiger partial charge on any atom is 0.339 e. The van der Waals surface area contributed by atoms with Gasteiger partial charge in [-0.15, -0.1) is 0 Å². The number of hydrogen-bond donors (Lipinski definition) is 2. The SMILES string of the molecule is COc1ccc2ccc(N3CCOC([C@@](O)(C(=O)O)C(C)(C)C)C3=O)cc2n1. The summed E-state index contributed by atoms with van der Waals surface area (Å²) in [6.07, 6.45) is -1.52. The highest BCUT2D eigenvalue weighted by Crippen LogP contribution is 2.38. The standard InChI is InChI=1S/C20H24N2O6/c1-19(2,3)20(26,18(24)25)16-17(23)22(9-10-28-16)13-7-5-12-6-8-15(27-4)21-14(12)11-13/h5-8,11,16,26H,9-10H2,1-4H3,(H,24,25)/t16?,20-/m1/s1. The van der Waals surface area contributed by atoms with E-state index in [0.29, 0.717) is 17.1 Å². The summed E-state index contributed by atoms with van der Waals surface area (Å²) < 4.78 is 10.6. The number of nitrogens with zero attached hydrogens (tertiary/aromatic N) is 2. The zero-order chi connectivity index (χ0) is 20.7. The fraction of sp³-hybridized carbons (Fsp3) is 0.450. The number of amides is 1. The first kappa shape index (κ1) is 20.0. The molecular formula is C20H24N2O6. The van der Waals surface area contributed by atoms with Crippen LogP contribution in [0.25, 0.3) is 10.9 Å². The molecular weight excluding hydrogens is 364 g/mol. The van der Waals surface area contributed by atoms with Crippen molar-refractivity contribution in [2.24, 2.45) is 5.41 Å². The summed E-state index contributed by atoms with van der Waals surface area (Å²) >= 11 is 0. The Morgan fingerprint density at radius 2 is 1.96 bits per heavy atom. The first-order valence-electron chi connectivity index (χ1n) is 8.93. The number of aromatic nitrogens is 1. The second-order valence-corrected chi connectivity index (χ2v) is 7.79. The number of ether oxygens (including phenoxy) is 2. The van der Waals surface area contributed by atoms with E-state index in [4.69, 9.17) is 9.47 Å². The number of carbonyl (C=O) groups excluding carboxylic acids is 1. The van der Waals surface area contributed by atoms with Crippen LogP contribution in [-0.2, 0) is 14.3 Å². The first-order chi connectivity index (χ1) is 13.1. The summed E-state index contributed by atoms with van der Waals surface area (Å²) in [6.45, 7) is 5.02. The summed E-state index contributed by atoms with van der Waals surface area (Å²) in [7, 11) is 1.52. The average Bonchev–Trinajstić information content (AvgIpc) is 2.65. The minimum Gasteiger partial charge on any atom is -0.481 e. The fourth-order valence-electron chi connectivity index (χ4n) is 3.34. The quantitative estimate of drug-likeness (QED) is 0.822. The van der Waals surface area contributed by atoms with E-state index in [-0.39, 0.29) is 13.2 Å². The number of aliphatic carboxylic acids is 1. The number of carbonyl (C=O) groups is 2. The summed E-state index contributed by atoms with van der Waals surface area (Å²) in [5.74, 6) is -1.65. The number of aliphatic hydroxyl groups is 1. The highest BCUT2D eigenvalue weighted by Gasteiger charge is 2.58. The van der Waals surface area contributed by atoms with Gasteiger partial charge in [0.15, 0.2) is 6.10 Å². The van der Waals surface area contributed by atoms with Crippen molar-refractivity contribution >= 4 is 28.5 Å². The molecule has 1 unspecified atom stereocenters. The van der Waals surface area contributed by atoms with Gasteiger partial charge in [0, 0.05) is 29.1 Å². The summed E-state index contributed by atoms with van der Waals surface area (Å²) in [6, 6.07) is 8.91. The van der Waals surface area contributed by atoms with Crippen molar-refractivity contribution in [1.82, 2.24) is 4.98 Å². The Bertz CT molecular complexity index is 923. The van der Waals surface area contributed by atoms with E-state index in [1.54, 1.807) is 39.0 Å². The molecule has 1 fully saturated rings. The number of anilines is 1. The maximum absolute atomic E-state index is 13.1. The van der Waals surface area contributed by atoms with Gasteiger partial charge in [0.25, 0.3) is 5.91 Å². The van der Waals surface area contributed by atoms with Gasteiger partial charge in [-0.1, -0.05) is 26.8 Å². The molecule has 0 spiro atoms. The molecule has 8 heteroatoms. The first-order valence-corrected chi connectivity index (χ1v) is 8.93. The van der Waals surface area contributed by atoms with Crippen LogP contribution in [0.1, 0.15) is 20.8 Å². The number of morpholine rings is 1. The zero-order valence-corrected chi connectivity index (χ0v) is 16.3. The Hall–Kier alpha value is -2.71. The number of carboxylic acid groups (broad SMARTS) is 1. The third-order valence-electron chi connectivity index (χ3n) is 5.11. The molecule has 2 N–H and O–H groups in total. The number of benzene rings is 1. The minimum atomic E-state index is -2.37. The highest BCUT2D eigenvalue weighted by atomic mass is 16.5. The van der Waals surface area contributed by atoms with Crippen molar-refractivity contribution in [2.75, 3.05) is 25.2 Å². The molecule has 2 heterocycles. The van der Waals surface area contributed by atoms with E-state index in [1.165, 1.54) is 12.0 Å². The average molecular weight is 388 g/mol. The van der Waals surface area contributed by atoms with Crippen molar-refractivity contribution in [2.45, 2.75) is 32.5 Å². The summed E-state index contributed by atoms with van der Waals surface area (Å²) in [5.41, 5.74) is -2.31. The lowest BCUT2D eigenvalue weighted by molar-refractivity contribution is -0.203. The van der Waals surface area contributed by atoms with Crippen LogP contribution in [0.5, 0.6) is 5.88 Å². The van der Waals surface area contributed by atoms with Gasteiger partial charge in [-0.05, 0) is 18.2 Å². The molecule has 28 heavy (non-hydrogen) atoms. The van der Waals surface area contributed by atoms with Gasteiger partial charge in [-0.3, -0.25) is 4.79 Å². The van der Waals surface area contributed by atoms with Gasteiger partial charge in [0.2, 0.25) is 11.5 Å². The number of hydrogen-bond acceptors (Lipinski definition) is 6. The van der Waals surface area contributed by atoms with Crippen LogP contribution in [0.15, 0.2) is 30.3 Å². The van der Waals surface area contributed by atoms with Gasteiger partial charge in [0.05, 0.1) is 19.2 Å². The number of pyridine rings is 1. The molecule has 1 aromatic carbocycles. The number of fused-ring (bicyclic) bond motifs is 1. The molecule has 0 bridgehead atoms. The molecule has 0 radical (unpaired) electrons. The van der Waals surface area contributed by atoms with Crippen LogP contribution >= 0.6 is 0 Å². The number of rotatable bonds is 4. The normalized spacial score (nSPS) is 20.1. The Morgan fingerprint density at radius 1 is 1.29 bits per heavy atom. The monoisotopic (exact) mass is 388 g/mol. The second-order valence-electron chi connectivity index (χ2n) is 7.79. The van der Waals surface area contributed by atoms with E-state index in [0.717, 1.165) is 5.39 Å². The molecule has 1 aromatic heterocycles. The maximum atomic E-state index is 13.1. The minimum absolute atomic E-state index is 0.103. The second kappa shape index (κ2) is 7.03. The smallest absolute Gasteiger partial charge is 0.339 e. The lowest BCUT2D eigenvalue weighted by Gasteiger charge is -2.44. The van der Waals surface area contributed by atoms with Gasteiger partial charge >= 0.3 is 5.97 Å². The molecule has 8 nitrogen and oxygen atoms in total. The lowest BCUT2D eigenvalue weighted by atomic mass is 9.72. The van der Waals surface area contributed by atoms with Crippen LogP contribution in [0, 0.1) is 5.41 Å². The molecule has 1 aliphatic heterocycles. The predicted molar refractivity (Wildman–Crippen MR) is 102 cm³/mol. The predicted octanol–water partition coefficient (Wildman–Crippen LogP) is 1.84. The molecule has 1 amide bonds. The van der Waals surface area contributed by atoms with E-state index in [9.17, 15) is 19.8 Å². The summed E-state index contributed by atoms with van der Waals surface area (Å²) in [4.78, 5) is 30.8. The van der Waals surface area contributed by atoms with Gasteiger partial charge < -0.3 is 24.6 Å². The third-order valence-corrected chi connectivity index (χ3v) is 5.11. The van der Waals surface area contributed by atoms with Crippen LogP contribution < -0.4 is 9.64 Å². The Kier molecular flexibility index (Phi) is 5.03. The van der Waals surface area contributed by atoms with Gasteiger partial charge in [-0.25, -0.2) is 9.78 Å². The Labute approximate surface area is 162 Å². The lowest BCUT2D eigenvalue weighted by Crippen LogP contribution is -2.66.